The van der Waals surface area contributed by atoms with E-state index in [1.807, 2.05) is 6.92 Å². The Balaban J connectivity index is 0.00000243. The van der Waals surface area contributed by atoms with Gasteiger partial charge in [0.15, 0.2) is 0 Å². The SMILES string of the molecule is CCN(CC(=O)NCc1ccc(F)cc1)C(=O)C1C2CCC(C2)C1N.Cl. The van der Waals surface area contributed by atoms with Gasteiger partial charge in [-0.3, -0.25) is 9.59 Å². The number of fused-ring (bicyclic) bond motifs is 2. The Hall–Kier alpha value is -1.66. The number of likely N-dealkylation sites (N-methyl/N-ethyl adjacent to an activating group) is 1. The molecule has 0 aromatic heterocycles. The van der Waals surface area contributed by atoms with Crippen LogP contribution in [0.5, 0.6) is 0 Å². The minimum absolute atomic E-state index is 0. The smallest absolute Gasteiger partial charge is 0.239 e. The molecule has 144 valence electrons. The fourth-order valence-electron chi connectivity index (χ4n) is 4.29. The summed E-state index contributed by atoms with van der Waals surface area (Å²) in [6, 6.07) is 5.92. The van der Waals surface area contributed by atoms with Crippen molar-refractivity contribution < 1.29 is 14.0 Å². The number of halogens is 2. The summed E-state index contributed by atoms with van der Waals surface area (Å²) >= 11 is 0. The van der Waals surface area contributed by atoms with Crippen LogP contribution in [-0.2, 0) is 16.1 Å². The summed E-state index contributed by atoms with van der Waals surface area (Å²) in [5.74, 6) is 0.202. The largest absolute Gasteiger partial charge is 0.350 e. The molecule has 0 saturated heterocycles. The van der Waals surface area contributed by atoms with E-state index in [0.29, 0.717) is 24.9 Å². The molecule has 2 aliphatic carbocycles. The summed E-state index contributed by atoms with van der Waals surface area (Å²) in [6.07, 6.45) is 3.24. The molecular formula is C19H27ClFN3O2. The van der Waals surface area contributed by atoms with Gasteiger partial charge in [0.2, 0.25) is 11.8 Å². The number of hydrogen-bond donors (Lipinski definition) is 2. The van der Waals surface area contributed by atoms with Gasteiger partial charge in [-0.25, -0.2) is 4.39 Å². The van der Waals surface area contributed by atoms with E-state index in [1.165, 1.54) is 12.1 Å². The first-order valence-corrected chi connectivity index (χ1v) is 9.05. The lowest BCUT2D eigenvalue weighted by Gasteiger charge is -2.32. The van der Waals surface area contributed by atoms with Gasteiger partial charge in [-0.15, -0.1) is 12.4 Å². The highest BCUT2D eigenvalue weighted by atomic mass is 35.5. The molecule has 0 spiro atoms. The van der Waals surface area contributed by atoms with E-state index in [-0.39, 0.29) is 48.5 Å². The first-order chi connectivity index (χ1) is 12.0. The molecule has 26 heavy (non-hydrogen) atoms. The Morgan fingerprint density at radius 3 is 2.46 bits per heavy atom. The van der Waals surface area contributed by atoms with Crippen molar-refractivity contribution in [1.29, 1.82) is 0 Å². The molecule has 5 nitrogen and oxygen atoms in total. The van der Waals surface area contributed by atoms with Gasteiger partial charge in [0.05, 0.1) is 12.5 Å². The molecule has 2 saturated carbocycles. The van der Waals surface area contributed by atoms with Gasteiger partial charge < -0.3 is 16.0 Å². The van der Waals surface area contributed by atoms with Crippen LogP contribution in [-0.4, -0.2) is 35.8 Å². The molecule has 2 fully saturated rings. The number of rotatable bonds is 6. The molecule has 0 heterocycles. The first-order valence-electron chi connectivity index (χ1n) is 9.05. The maximum atomic E-state index is 12.9. The van der Waals surface area contributed by atoms with Crippen molar-refractivity contribution in [1.82, 2.24) is 10.2 Å². The summed E-state index contributed by atoms with van der Waals surface area (Å²) in [6.45, 7) is 2.73. The van der Waals surface area contributed by atoms with Gasteiger partial charge in [-0.05, 0) is 55.7 Å². The van der Waals surface area contributed by atoms with Gasteiger partial charge in [-0.1, -0.05) is 12.1 Å². The van der Waals surface area contributed by atoms with Crippen molar-refractivity contribution in [3.8, 4) is 0 Å². The fraction of sp³-hybridized carbons (Fsp3) is 0.579. The molecule has 7 heteroatoms. The number of nitrogens with one attached hydrogen (secondary N) is 1. The molecule has 2 amide bonds. The average molecular weight is 384 g/mol. The van der Waals surface area contributed by atoms with Crippen molar-refractivity contribution in [2.45, 2.75) is 38.8 Å². The van der Waals surface area contributed by atoms with Crippen LogP contribution in [0.1, 0.15) is 31.7 Å². The van der Waals surface area contributed by atoms with E-state index in [0.717, 1.165) is 24.8 Å². The molecule has 0 radical (unpaired) electrons. The van der Waals surface area contributed by atoms with E-state index in [1.54, 1.807) is 17.0 Å². The second kappa shape index (κ2) is 8.82. The number of nitrogens with two attached hydrogens (primary N) is 1. The van der Waals surface area contributed by atoms with Gasteiger partial charge >= 0.3 is 0 Å². The van der Waals surface area contributed by atoms with Gasteiger partial charge in [0, 0.05) is 19.1 Å². The Kier molecular flexibility index (Phi) is 7.01. The molecule has 4 atom stereocenters. The lowest BCUT2D eigenvalue weighted by atomic mass is 9.84. The van der Waals surface area contributed by atoms with Crippen LogP contribution in [0.15, 0.2) is 24.3 Å². The summed E-state index contributed by atoms with van der Waals surface area (Å²) in [7, 11) is 0. The fourth-order valence-corrected chi connectivity index (χ4v) is 4.29. The topological polar surface area (TPSA) is 75.4 Å². The van der Waals surface area contributed by atoms with Crippen LogP contribution in [0.25, 0.3) is 0 Å². The van der Waals surface area contributed by atoms with Crippen molar-refractivity contribution >= 4 is 24.2 Å². The van der Waals surface area contributed by atoms with Gasteiger partial charge in [0.25, 0.3) is 0 Å². The van der Waals surface area contributed by atoms with E-state index < -0.39 is 0 Å². The van der Waals surface area contributed by atoms with Gasteiger partial charge in [0.1, 0.15) is 5.82 Å². The zero-order chi connectivity index (χ0) is 18.0. The maximum absolute atomic E-state index is 12.9. The van der Waals surface area contributed by atoms with Crippen molar-refractivity contribution in [3.05, 3.63) is 35.6 Å². The number of nitrogens with zero attached hydrogens (tertiary/aromatic N) is 1. The standard InChI is InChI=1S/C19H26FN3O2.ClH/c1-2-23(19(25)17-13-5-6-14(9-13)18(17)21)11-16(24)22-10-12-3-7-15(20)8-4-12;/h3-4,7-8,13-14,17-18H,2,5-6,9-11,21H2,1H3,(H,22,24);1H. The number of carbonyl (C=O) groups excluding carboxylic acids is 2. The van der Waals surface area contributed by atoms with Gasteiger partial charge in [-0.2, -0.15) is 0 Å². The Labute approximate surface area is 159 Å². The third-order valence-electron chi connectivity index (χ3n) is 5.70. The molecule has 1 aromatic rings. The highest BCUT2D eigenvalue weighted by molar-refractivity contribution is 5.86. The number of carbonyl (C=O) groups is 2. The number of benzene rings is 1. The summed E-state index contributed by atoms with van der Waals surface area (Å²) in [5, 5.41) is 2.79. The van der Waals surface area contributed by atoms with E-state index in [4.69, 9.17) is 5.73 Å². The second-order valence-electron chi connectivity index (χ2n) is 7.19. The number of amides is 2. The van der Waals surface area contributed by atoms with Crippen molar-refractivity contribution in [2.24, 2.45) is 23.5 Å². The monoisotopic (exact) mass is 383 g/mol. The molecule has 2 aliphatic rings. The van der Waals surface area contributed by atoms with Crippen LogP contribution in [0, 0.1) is 23.6 Å². The third kappa shape index (κ3) is 4.35. The zero-order valence-electron chi connectivity index (χ0n) is 15.0. The van der Waals surface area contributed by atoms with Crippen LogP contribution in [0.3, 0.4) is 0 Å². The highest BCUT2D eigenvalue weighted by Crippen LogP contribution is 2.48. The number of hydrogen-bond acceptors (Lipinski definition) is 3. The quantitative estimate of drug-likeness (QED) is 0.789. The lowest BCUT2D eigenvalue weighted by Crippen LogP contribution is -2.49. The minimum atomic E-state index is -0.306. The Morgan fingerprint density at radius 1 is 1.23 bits per heavy atom. The summed E-state index contributed by atoms with van der Waals surface area (Å²) < 4.78 is 12.9. The molecule has 2 bridgehead atoms. The zero-order valence-corrected chi connectivity index (χ0v) is 15.8. The summed E-state index contributed by atoms with van der Waals surface area (Å²) in [5.41, 5.74) is 7.08. The Morgan fingerprint density at radius 2 is 1.88 bits per heavy atom. The molecule has 1 aromatic carbocycles. The lowest BCUT2D eigenvalue weighted by molar-refractivity contribution is -0.141. The van der Waals surface area contributed by atoms with E-state index >= 15 is 0 Å². The third-order valence-corrected chi connectivity index (χ3v) is 5.70. The Bertz CT molecular complexity index is 638. The average Bonchev–Trinajstić information content (AvgIpc) is 3.20. The highest BCUT2D eigenvalue weighted by Gasteiger charge is 2.50. The molecule has 4 unspecified atom stereocenters. The predicted molar refractivity (Wildman–Crippen MR) is 100 cm³/mol. The van der Waals surface area contributed by atoms with Crippen LogP contribution in [0.2, 0.25) is 0 Å². The van der Waals surface area contributed by atoms with Crippen molar-refractivity contribution in [2.75, 3.05) is 13.1 Å². The predicted octanol–water partition coefficient (Wildman–Crippen LogP) is 2.09. The van der Waals surface area contributed by atoms with Crippen LogP contribution in [0.4, 0.5) is 4.39 Å². The summed E-state index contributed by atoms with van der Waals surface area (Å²) in [4.78, 5) is 26.7. The van der Waals surface area contributed by atoms with E-state index in [9.17, 15) is 14.0 Å². The van der Waals surface area contributed by atoms with Crippen LogP contribution >= 0.6 is 12.4 Å². The first kappa shape index (κ1) is 20.6. The molecular weight excluding hydrogens is 357 g/mol. The van der Waals surface area contributed by atoms with Crippen molar-refractivity contribution in [3.63, 3.8) is 0 Å². The van der Waals surface area contributed by atoms with Crippen LogP contribution < -0.4 is 11.1 Å². The van der Waals surface area contributed by atoms with E-state index in [2.05, 4.69) is 5.32 Å². The second-order valence-corrected chi connectivity index (χ2v) is 7.19. The minimum Gasteiger partial charge on any atom is -0.350 e. The molecule has 3 rings (SSSR count). The molecule has 0 aliphatic heterocycles. The normalized spacial score (nSPS) is 26.3. The maximum Gasteiger partial charge on any atom is 0.239 e. The molecule has 3 N–H and O–H groups in total.